The summed E-state index contributed by atoms with van der Waals surface area (Å²) in [4.78, 5) is 24.4. The summed E-state index contributed by atoms with van der Waals surface area (Å²) >= 11 is 0. The maximum atomic E-state index is 12.8. The van der Waals surface area contributed by atoms with Crippen LogP contribution in [0.25, 0.3) is 10.9 Å². The highest BCUT2D eigenvalue weighted by Gasteiger charge is 2.34. The quantitative estimate of drug-likeness (QED) is 0.747. The third-order valence-electron chi connectivity index (χ3n) is 4.35. The van der Waals surface area contributed by atoms with Gasteiger partial charge in [-0.2, -0.15) is 5.10 Å². The monoisotopic (exact) mass is 332 g/mol. The highest BCUT2D eigenvalue weighted by Crippen LogP contribution is 2.31. The Kier molecular flexibility index (Phi) is 3.57. The van der Waals surface area contributed by atoms with E-state index in [4.69, 9.17) is 0 Å². The fourth-order valence-corrected chi connectivity index (χ4v) is 3.19. The zero-order valence-corrected chi connectivity index (χ0v) is 13.6. The van der Waals surface area contributed by atoms with E-state index in [2.05, 4.69) is 10.4 Å². The first-order chi connectivity index (χ1) is 12.2. The fourth-order valence-electron chi connectivity index (χ4n) is 3.19. The standard InChI is InChI=1S/C19H16N4O2/c1-22-11-15(14-9-5-6-10-16(14)22)17-19(25)20-18(21-23(17)12-24)13-7-3-2-4-8-13/h2-12,17H,1H3,(H,20,21,25)/t17-/m1/s1. The number of hydrogen-bond donors (Lipinski definition) is 1. The molecule has 0 saturated heterocycles. The zero-order valence-electron chi connectivity index (χ0n) is 13.6. The minimum atomic E-state index is -0.795. The molecule has 0 bridgehead atoms. The van der Waals surface area contributed by atoms with Crippen LogP contribution in [-0.2, 0) is 16.6 Å². The largest absolute Gasteiger partial charge is 0.350 e. The molecule has 1 N–H and O–H groups in total. The van der Waals surface area contributed by atoms with E-state index in [0.29, 0.717) is 12.2 Å². The number of para-hydroxylation sites is 1. The second kappa shape index (κ2) is 5.90. The van der Waals surface area contributed by atoms with Crippen molar-refractivity contribution in [3.05, 3.63) is 71.9 Å². The molecular weight excluding hydrogens is 316 g/mol. The van der Waals surface area contributed by atoms with Crippen LogP contribution in [0.1, 0.15) is 17.2 Å². The highest BCUT2D eigenvalue weighted by atomic mass is 16.2. The van der Waals surface area contributed by atoms with Gasteiger partial charge in [-0.05, 0) is 6.07 Å². The van der Waals surface area contributed by atoms with Gasteiger partial charge in [0.05, 0.1) is 0 Å². The van der Waals surface area contributed by atoms with Gasteiger partial charge in [-0.25, -0.2) is 5.01 Å². The van der Waals surface area contributed by atoms with Crippen molar-refractivity contribution in [3.63, 3.8) is 0 Å². The average molecular weight is 332 g/mol. The number of fused-ring (bicyclic) bond motifs is 1. The van der Waals surface area contributed by atoms with Gasteiger partial charge in [0.2, 0.25) is 6.41 Å². The van der Waals surface area contributed by atoms with Crippen molar-refractivity contribution in [2.45, 2.75) is 6.04 Å². The van der Waals surface area contributed by atoms with E-state index in [9.17, 15) is 9.59 Å². The summed E-state index contributed by atoms with van der Waals surface area (Å²) in [5, 5.41) is 9.27. The van der Waals surface area contributed by atoms with Gasteiger partial charge in [0.1, 0.15) is 0 Å². The number of rotatable bonds is 3. The van der Waals surface area contributed by atoms with Crippen LogP contribution in [0.2, 0.25) is 0 Å². The van der Waals surface area contributed by atoms with Crippen LogP contribution < -0.4 is 5.32 Å². The van der Waals surface area contributed by atoms with Crippen LogP contribution in [0.5, 0.6) is 0 Å². The Morgan fingerprint density at radius 2 is 1.80 bits per heavy atom. The van der Waals surface area contributed by atoms with Crippen LogP contribution in [0.4, 0.5) is 0 Å². The minimum absolute atomic E-state index is 0.280. The van der Waals surface area contributed by atoms with Crippen LogP contribution in [0, 0.1) is 0 Å². The molecule has 2 heterocycles. The first-order valence-electron chi connectivity index (χ1n) is 7.91. The van der Waals surface area contributed by atoms with Crippen LogP contribution >= 0.6 is 0 Å². The Bertz CT molecular complexity index is 991. The maximum absolute atomic E-state index is 12.8. The van der Waals surface area contributed by atoms with Crippen molar-refractivity contribution in [1.82, 2.24) is 14.9 Å². The van der Waals surface area contributed by atoms with Crippen LogP contribution in [0.15, 0.2) is 65.9 Å². The fraction of sp³-hybridized carbons (Fsp3) is 0.105. The summed E-state index contributed by atoms with van der Waals surface area (Å²) < 4.78 is 1.94. The summed E-state index contributed by atoms with van der Waals surface area (Å²) in [5.41, 5.74) is 2.49. The average Bonchev–Trinajstić information content (AvgIpc) is 2.98. The van der Waals surface area contributed by atoms with Crippen LogP contribution in [0.3, 0.4) is 0 Å². The number of carbonyl (C=O) groups is 2. The Balaban J connectivity index is 1.81. The maximum Gasteiger partial charge on any atom is 0.255 e. The van der Waals surface area contributed by atoms with E-state index in [1.165, 1.54) is 5.01 Å². The number of benzene rings is 2. The lowest BCUT2D eigenvalue weighted by atomic mass is 10.0. The lowest BCUT2D eigenvalue weighted by molar-refractivity contribution is -0.133. The Morgan fingerprint density at radius 3 is 2.56 bits per heavy atom. The summed E-state index contributed by atoms with van der Waals surface area (Å²) in [7, 11) is 1.91. The zero-order chi connectivity index (χ0) is 17.4. The van der Waals surface area contributed by atoms with Crippen molar-refractivity contribution in [2.75, 3.05) is 0 Å². The highest BCUT2D eigenvalue weighted by molar-refractivity contribution is 6.11. The molecule has 1 aromatic heterocycles. The number of nitrogens with one attached hydrogen (secondary N) is 1. The Hall–Kier alpha value is -3.41. The predicted molar refractivity (Wildman–Crippen MR) is 94.7 cm³/mol. The number of aromatic nitrogens is 1. The molecule has 1 aliphatic rings. The molecule has 25 heavy (non-hydrogen) atoms. The van der Waals surface area contributed by atoms with Crippen molar-refractivity contribution >= 4 is 29.1 Å². The first-order valence-corrected chi connectivity index (χ1v) is 7.91. The van der Waals surface area contributed by atoms with E-state index in [-0.39, 0.29) is 5.91 Å². The second-order valence-corrected chi connectivity index (χ2v) is 5.90. The summed E-state index contributed by atoms with van der Waals surface area (Å²) in [6.45, 7) is 0. The Morgan fingerprint density at radius 1 is 1.08 bits per heavy atom. The summed E-state index contributed by atoms with van der Waals surface area (Å²) in [6.07, 6.45) is 2.46. The van der Waals surface area contributed by atoms with Gasteiger partial charge in [-0.3, -0.25) is 9.59 Å². The number of amides is 2. The second-order valence-electron chi connectivity index (χ2n) is 5.90. The van der Waals surface area contributed by atoms with E-state index in [1.807, 2.05) is 72.4 Å². The van der Waals surface area contributed by atoms with E-state index in [1.54, 1.807) is 0 Å². The normalized spacial score (nSPS) is 17.3. The van der Waals surface area contributed by atoms with Crippen molar-refractivity contribution in [1.29, 1.82) is 0 Å². The number of aryl methyl sites for hydroxylation is 1. The first kappa shape index (κ1) is 15.1. The number of nitrogens with zero attached hydrogens (tertiary/aromatic N) is 3. The Labute approximate surface area is 144 Å². The molecule has 0 radical (unpaired) electrons. The molecule has 0 fully saturated rings. The van der Waals surface area contributed by atoms with Gasteiger partial charge in [0.15, 0.2) is 11.9 Å². The third kappa shape index (κ3) is 2.48. The third-order valence-corrected chi connectivity index (χ3v) is 4.35. The molecule has 124 valence electrons. The van der Waals surface area contributed by atoms with E-state index >= 15 is 0 Å². The van der Waals surface area contributed by atoms with Gasteiger partial charge in [-0.1, -0.05) is 48.5 Å². The van der Waals surface area contributed by atoms with Crippen molar-refractivity contribution < 1.29 is 9.59 Å². The minimum Gasteiger partial charge on any atom is -0.350 e. The summed E-state index contributed by atoms with van der Waals surface area (Å²) in [5.74, 6) is 0.0893. The molecule has 0 spiro atoms. The molecule has 6 heteroatoms. The lowest BCUT2D eigenvalue weighted by Crippen LogP contribution is -2.46. The van der Waals surface area contributed by atoms with Crippen LogP contribution in [-0.4, -0.2) is 27.7 Å². The van der Waals surface area contributed by atoms with Gasteiger partial charge < -0.3 is 9.88 Å². The molecular formula is C19H16N4O2. The summed E-state index contributed by atoms with van der Waals surface area (Å²) in [6, 6.07) is 16.2. The molecule has 1 atom stereocenters. The molecule has 0 aliphatic carbocycles. The van der Waals surface area contributed by atoms with Crippen molar-refractivity contribution in [3.8, 4) is 0 Å². The predicted octanol–water partition coefficient (Wildman–Crippen LogP) is 2.17. The van der Waals surface area contributed by atoms with E-state index < -0.39 is 6.04 Å². The van der Waals surface area contributed by atoms with E-state index in [0.717, 1.165) is 22.0 Å². The molecule has 3 aromatic rings. The topological polar surface area (TPSA) is 66.7 Å². The van der Waals surface area contributed by atoms with Gasteiger partial charge >= 0.3 is 0 Å². The number of hydrogen-bond acceptors (Lipinski definition) is 3. The molecule has 2 amide bonds. The molecule has 6 nitrogen and oxygen atoms in total. The number of hydrazone groups is 1. The van der Waals surface area contributed by atoms with Gasteiger partial charge in [0, 0.05) is 35.3 Å². The smallest absolute Gasteiger partial charge is 0.255 e. The molecule has 2 aromatic carbocycles. The number of amidine groups is 1. The molecule has 4 rings (SSSR count). The van der Waals surface area contributed by atoms with Gasteiger partial charge in [0.25, 0.3) is 5.91 Å². The molecule has 0 saturated carbocycles. The molecule has 0 unspecified atom stereocenters. The van der Waals surface area contributed by atoms with Gasteiger partial charge in [-0.15, -0.1) is 0 Å². The lowest BCUT2D eigenvalue weighted by Gasteiger charge is -2.28. The van der Waals surface area contributed by atoms with Crippen molar-refractivity contribution in [2.24, 2.45) is 12.1 Å². The SMILES string of the molecule is Cn1cc([C@@H]2C(=O)NC(c3ccccc3)=NN2C=O)c2ccccc21. The number of carbonyl (C=O) groups excluding carboxylic acids is 2. The molecule has 1 aliphatic heterocycles.